The highest BCUT2D eigenvalue weighted by atomic mass is 16.3. The minimum absolute atomic E-state index is 0.0147. The van der Waals surface area contributed by atoms with Gasteiger partial charge in [0.2, 0.25) is 0 Å². The number of anilines is 1. The van der Waals surface area contributed by atoms with Crippen LogP contribution in [0, 0.1) is 0 Å². The molecule has 1 aromatic heterocycles. The number of carbonyl (C=O) groups excluding carboxylic acids is 1. The van der Waals surface area contributed by atoms with Gasteiger partial charge in [-0.1, -0.05) is 42.5 Å². The monoisotopic (exact) mass is 304 g/mol. The van der Waals surface area contributed by atoms with Gasteiger partial charge in [-0.05, 0) is 41.8 Å². The number of pyridine rings is 1. The van der Waals surface area contributed by atoms with Crippen LogP contribution in [0.2, 0.25) is 0 Å². The average Bonchev–Trinajstić information content (AvgIpc) is 2.58. The molecule has 0 unspecified atom stereocenters. The van der Waals surface area contributed by atoms with Gasteiger partial charge in [0.05, 0.1) is 0 Å². The van der Waals surface area contributed by atoms with Crippen LogP contribution in [0.4, 0.5) is 5.69 Å². The van der Waals surface area contributed by atoms with E-state index in [4.69, 9.17) is 0 Å². The number of aromatic hydroxyl groups is 1. The van der Waals surface area contributed by atoms with E-state index in [1.807, 2.05) is 42.5 Å². The second-order valence-electron chi connectivity index (χ2n) is 5.18. The predicted octanol–water partition coefficient (Wildman–Crippen LogP) is 3.63. The maximum absolute atomic E-state index is 12.1. The van der Waals surface area contributed by atoms with Crippen molar-refractivity contribution in [2.45, 2.75) is 6.42 Å². The minimum Gasteiger partial charge on any atom is -0.505 e. The number of nitrogens with zero attached hydrogens (tertiary/aromatic N) is 1. The zero-order valence-corrected chi connectivity index (χ0v) is 12.4. The highest BCUT2D eigenvalue weighted by Crippen LogP contribution is 2.17. The van der Waals surface area contributed by atoms with Crippen LogP contribution in [-0.2, 0) is 6.42 Å². The molecule has 0 aliphatic carbocycles. The van der Waals surface area contributed by atoms with E-state index in [2.05, 4.69) is 22.4 Å². The molecule has 0 spiro atoms. The molecular formula is C19H16N2O2. The fraction of sp³-hybridized carbons (Fsp3) is 0.0526. The van der Waals surface area contributed by atoms with E-state index in [9.17, 15) is 9.90 Å². The van der Waals surface area contributed by atoms with Gasteiger partial charge in [0.1, 0.15) is 5.75 Å². The molecule has 0 atom stereocenters. The van der Waals surface area contributed by atoms with E-state index in [0.717, 1.165) is 12.0 Å². The van der Waals surface area contributed by atoms with Gasteiger partial charge in [-0.3, -0.25) is 4.79 Å². The van der Waals surface area contributed by atoms with Gasteiger partial charge in [-0.25, -0.2) is 4.98 Å². The molecular weight excluding hydrogens is 288 g/mol. The molecule has 2 aromatic carbocycles. The molecule has 0 bridgehead atoms. The predicted molar refractivity (Wildman–Crippen MR) is 89.5 cm³/mol. The van der Waals surface area contributed by atoms with Crippen LogP contribution in [-0.4, -0.2) is 16.0 Å². The Hall–Kier alpha value is -3.14. The topological polar surface area (TPSA) is 62.2 Å². The van der Waals surface area contributed by atoms with Crippen molar-refractivity contribution in [2.75, 3.05) is 5.32 Å². The number of nitrogens with one attached hydrogen (secondary N) is 1. The molecule has 0 saturated heterocycles. The highest BCUT2D eigenvalue weighted by molar-refractivity contribution is 6.04. The Bertz CT molecular complexity index is 799. The zero-order chi connectivity index (χ0) is 16.1. The number of aromatic nitrogens is 1. The third kappa shape index (κ3) is 3.74. The summed E-state index contributed by atoms with van der Waals surface area (Å²) in [5.74, 6) is -0.565. The molecule has 1 amide bonds. The molecule has 0 radical (unpaired) electrons. The molecule has 23 heavy (non-hydrogen) atoms. The van der Waals surface area contributed by atoms with E-state index in [1.165, 1.54) is 17.8 Å². The summed E-state index contributed by atoms with van der Waals surface area (Å²) in [4.78, 5) is 16.0. The molecule has 4 heteroatoms. The van der Waals surface area contributed by atoms with Crippen LogP contribution in [0.15, 0.2) is 72.9 Å². The van der Waals surface area contributed by atoms with Gasteiger partial charge >= 0.3 is 0 Å². The van der Waals surface area contributed by atoms with Crippen molar-refractivity contribution >= 4 is 11.6 Å². The summed E-state index contributed by atoms with van der Waals surface area (Å²) in [5.41, 5.74) is 3.08. The Balaban J connectivity index is 1.68. The van der Waals surface area contributed by atoms with E-state index < -0.39 is 5.91 Å². The number of hydrogen-bond acceptors (Lipinski definition) is 3. The van der Waals surface area contributed by atoms with Crippen LogP contribution in [0.1, 0.15) is 21.6 Å². The highest BCUT2D eigenvalue weighted by Gasteiger charge is 2.12. The van der Waals surface area contributed by atoms with E-state index in [-0.39, 0.29) is 11.4 Å². The molecule has 0 saturated carbocycles. The van der Waals surface area contributed by atoms with Crippen LogP contribution >= 0.6 is 0 Å². The van der Waals surface area contributed by atoms with Crippen molar-refractivity contribution in [1.29, 1.82) is 0 Å². The summed E-state index contributed by atoms with van der Waals surface area (Å²) in [6.07, 6.45) is 2.31. The lowest BCUT2D eigenvalue weighted by molar-refractivity contribution is 0.101. The number of rotatable bonds is 4. The lowest BCUT2D eigenvalue weighted by Gasteiger charge is -2.07. The quantitative estimate of drug-likeness (QED) is 0.773. The van der Waals surface area contributed by atoms with E-state index in [0.29, 0.717) is 5.69 Å². The summed E-state index contributed by atoms with van der Waals surface area (Å²) in [6.45, 7) is 0. The fourth-order valence-corrected chi connectivity index (χ4v) is 2.30. The second kappa shape index (κ2) is 6.75. The Morgan fingerprint density at radius 2 is 1.61 bits per heavy atom. The average molecular weight is 304 g/mol. The van der Waals surface area contributed by atoms with Gasteiger partial charge in [-0.15, -0.1) is 0 Å². The first-order valence-corrected chi connectivity index (χ1v) is 7.30. The van der Waals surface area contributed by atoms with Gasteiger partial charge in [0, 0.05) is 11.9 Å². The van der Waals surface area contributed by atoms with Crippen molar-refractivity contribution in [2.24, 2.45) is 0 Å². The van der Waals surface area contributed by atoms with Gasteiger partial charge in [0.15, 0.2) is 5.69 Å². The van der Waals surface area contributed by atoms with Crippen molar-refractivity contribution in [3.05, 3.63) is 89.7 Å². The molecule has 2 N–H and O–H groups in total. The van der Waals surface area contributed by atoms with E-state index >= 15 is 0 Å². The van der Waals surface area contributed by atoms with Crippen LogP contribution in [0.3, 0.4) is 0 Å². The van der Waals surface area contributed by atoms with Crippen LogP contribution < -0.4 is 5.32 Å². The lowest BCUT2D eigenvalue weighted by Crippen LogP contribution is -2.13. The summed E-state index contributed by atoms with van der Waals surface area (Å²) in [5, 5.41) is 12.4. The maximum Gasteiger partial charge on any atom is 0.278 e. The van der Waals surface area contributed by atoms with Crippen molar-refractivity contribution in [3.63, 3.8) is 0 Å². The maximum atomic E-state index is 12.1. The Kier molecular flexibility index (Phi) is 4.34. The lowest BCUT2D eigenvalue weighted by atomic mass is 10.0. The third-order valence-corrected chi connectivity index (χ3v) is 3.46. The Morgan fingerprint density at radius 1 is 0.913 bits per heavy atom. The van der Waals surface area contributed by atoms with Gasteiger partial charge in [-0.2, -0.15) is 0 Å². The van der Waals surface area contributed by atoms with Crippen molar-refractivity contribution in [1.82, 2.24) is 4.98 Å². The standard InChI is InChI=1S/C19H16N2O2/c22-17-7-4-12-20-18(17)19(23)21-16-10-8-15(9-11-16)13-14-5-2-1-3-6-14/h1-12,22H,13H2,(H,21,23). The number of hydrogen-bond donors (Lipinski definition) is 2. The molecule has 3 rings (SSSR count). The first-order valence-electron chi connectivity index (χ1n) is 7.30. The normalized spacial score (nSPS) is 10.3. The molecule has 114 valence electrons. The summed E-state index contributed by atoms with van der Waals surface area (Å²) < 4.78 is 0. The van der Waals surface area contributed by atoms with Gasteiger partial charge in [0.25, 0.3) is 5.91 Å². The largest absolute Gasteiger partial charge is 0.505 e. The zero-order valence-electron chi connectivity index (χ0n) is 12.4. The Labute approximate surface area is 134 Å². The Morgan fingerprint density at radius 3 is 2.30 bits per heavy atom. The van der Waals surface area contributed by atoms with Gasteiger partial charge < -0.3 is 10.4 Å². The minimum atomic E-state index is -0.432. The first kappa shape index (κ1) is 14.8. The third-order valence-electron chi connectivity index (χ3n) is 3.46. The summed E-state index contributed by atoms with van der Waals surface area (Å²) in [6, 6.07) is 20.8. The number of amides is 1. The molecule has 0 aliphatic heterocycles. The number of benzene rings is 2. The fourth-order valence-electron chi connectivity index (χ4n) is 2.30. The SMILES string of the molecule is O=C(Nc1ccc(Cc2ccccc2)cc1)c1ncccc1O. The smallest absolute Gasteiger partial charge is 0.278 e. The van der Waals surface area contributed by atoms with Crippen LogP contribution in [0.25, 0.3) is 0 Å². The molecule has 0 fully saturated rings. The second-order valence-corrected chi connectivity index (χ2v) is 5.18. The number of carbonyl (C=O) groups is 1. The van der Waals surface area contributed by atoms with Crippen LogP contribution in [0.5, 0.6) is 5.75 Å². The molecule has 0 aliphatic rings. The summed E-state index contributed by atoms with van der Waals surface area (Å²) >= 11 is 0. The first-order chi connectivity index (χ1) is 11.2. The molecule has 4 nitrogen and oxygen atoms in total. The molecule has 1 heterocycles. The van der Waals surface area contributed by atoms with Crippen molar-refractivity contribution < 1.29 is 9.90 Å². The summed E-state index contributed by atoms with van der Waals surface area (Å²) in [7, 11) is 0. The van der Waals surface area contributed by atoms with Crippen molar-refractivity contribution in [3.8, 4) is 5.75 Å². The van der Waals surface area contributed by atoms with E-state index in [1.54, 1.807) is 6.07 Å². The molecule has 3 aromatic rings.